The van der Waals surface area contributed by atoms with E-state index in [2.05, 4.69) is 5.32 Å². The predicted octanol–water partition coefficient (Wildman–Crippen LogP) is 1.72. The summed E-state index contributed by atoms with van der Waals surface area (Å²) in [4.78, 5) is 24.9. The molecule has 1 aliphatic heterocycles. The molecule has 4 rings (SSSR count). The van der Waals surface area contributed by atoms with E-state index >= 15 is 0 Å². The second-order valence-electron chi connectivity index (χ2n) is 5.92. The molecule has 2 aliphatic carbocycles. The van der Waals surface area contributed by atoms with Crippen molar-refractivity contribution in [3.8, 4) is 0 Å². The first-order valence-electron chi connectivity index (χ1n) is 6.96. The summed E-state index contributed by atoms with van der Waals surface area (Å²) in [6.07, 6.45) is 3.61. The van der Waals surface area contributed by atoms with Crippen molar-refractivity contribution in [1.82, 2.24) is 10.2 Å². The molecule has 1 amide bonds. The summed E-state index contributed by atoms with van der Waals surface area (Å²) in [5.41, 5.74) is 0.505. The summed E-state index contributed by atoms with van der Waals surface area (Å²) < 4.78 is 0. The van der Waals surface area contributed by atoms with Gasteiger partial charge in [0, 0.05) is 18.2 Å². The van der Waals surface area contributed by atoms with Crippen LogP contribution in [0.2, 0.25) is 0 Å². The fourth-order valence-electron chi connectivity index (χ4n) is 3.02. The van der Waals surface area contributed by atoms with Crippen LogP contribution in [0.1, 0.15) is 37.4 Å². The molecule has 1 saturated heterocycles. The highest BCUT2D eigenvalue weighted by Crippen LogP contribution is 2.49. The number of nitro benzene ring substituents is 1. The molecule has 1 spiro atoms. The first-order chi connectivity index (χ1) is 9.61. The summed E-state index contributed by atoms with van der Waals surface area (Å²) in [5.74, 6) is 0.177. The van der Waals surface area contributed by atoms with E-state index in [1.807, 2.05) is 11.0 Å². The molecular formula is C14H15N3O3. The summed E-state index contributed by atoms with van der Waals surface area (Å²) in [5, 5.41) is 14.3. The van der Waals surface area contributed by atoms with Gasteiger partial charge in [0.15, 0.2) is 0 Å². The van der Waals surface area contributed by atoms with Crippen molar-refractivity contribution < 1.29 is 9.72 Å². The van der Waals surface area contributed by atoms with Gasteiger partial charge in [-0.25, -0.2) is 0 Å². The van der Waals surface area contributed by atoms with Gasteiger partial charge in [0.05, 0.1) is 4.92 Å². The average Bonchev–Trinajstić information content (AvgIpc) is 3.32. The Morgan fingerprint density at radius 3 is 2.70 bits per heavy atom. The Bertz CT molecular complexity index is 607. The van der Waals surface area contributed by atoms with Crippen LogP contribution >= 0.6 is 0 Å². The molecule has 104 valence electrons. The van der Waals surface area contributed by atoms with Crippen LogP contribution in [-0.2, 0) is 4.79 Å². The van der Waals surface area contributed by atoms with E-state index in [9.17, 15) is 14.9 Å². The highest BCUT2D eigenvalue weighted by Gasteiger charge is 2.61. The summed E-state index contributed by atoms with van der Waals surface area (Å²) in [6.45, 7) is 0. The smallest absolute Gasteiger partial charge is 0.269 e. The van der Waals surface area contributed by atoms with Gasteiger partial charge in [-0.15, -0.1) is 0 Å². The van der Waals surface area contributed by atoms with E-state index in [-0.39, 0.29) is 23.3 Å². The van der Waals surface area contributed by atoms with Crippen molar-refractivity contribution in [2.45, 2.75) is 43.4 Å². The third-order valence-electron chi connectivity index (χ3n) is 4.42. The number of carbonyl (C=O) groups excluding carboxylic acids is 1. The number of non-ortho nitro benzene ring substituents is 1. The number of benzene rings is 1. The zero-order valence-electron chi connectivity index (χ0n) is 10.9. The molecule has 1 N–H and O–H groups in total. The zero-order valence-corrected chi connectivity index (χ0v) is 10.9. The molecule has 1 unspecified atom stereocenters. The monoisotopic (exact) mass is 273 g/mol. The van der Waals surface area contributed by atoms with Crippen LogP contribution in [0, 0.1) is 10.1 Å². The number of amides is 1. The quantitative estimate of drug-likeness (QED) is 0.672. The van der Waals surface area contributed by atoms with Crippen LogP contribution in [0.5, 0.6) is 0 Å². The maximum atomic E-state index is 12.5. The van der Waals surface area contributed by atoms with E-state index < -0.39 is 4.92 Å². The largest absolute Gasteiger partial charge is 0.318 e. The van der Waals surface area contributed by atoms with Crippen LogP contribution in [0.15, 0.2) is 24.3 Å². The standard InChI is InChI=1S/C14H15N3O3/c18-13-14(6-7-14)15-12(16(13)10-4-5-10)9-2-1-3-11(8-9)17(19)20/h1-3,8,10,12,15H,4-7H2. The van der Waals surface area contributed by atoms with Crippen molar-refractivity contribution in [3.63, 3.8) is 0 Å². The van der Waals surface area contributed by atoms with Crippen molar-refractivity contribution in [2.24, 2.45) is 0 Å². The van der Waals surface area contributed by atoms with Crippen LogP contribution in [0.25, 0.3) is 0 Å². The van der Waals surface area contributed by atoms with Crippen molar-refractivity contribution >= 4 is 11.6 Å². The van der Waals surface area contributed by atoms with Gasteiger partial charge in [0.2, 0.25) is 5.91 Å². The van der Waals surface area contributed by atoms with Crippen molar-refractivity contribution in [2.75, 3.05) is 0 Å². The molecule has 0 radical (unpaired) electrons. The van der Waals surface area contributed by atoms with Gasteiger partial charge < -0.3 is 4.90 Å². The highest BCUT2D eigenvalue weighted by atomic mass is 16.6. The highest BCUT2D eigenvalue weighted by molar-refractivity contribution is 5.92. The van der Waals surface area contributed by atoms with Gasteiger partial charge >= 0.3 is 0 Å². The second-order valence-corrected chi connectivity index (χ2v) is 5.92. The third kappa shape index (κ3) is 1.64. The van der Waals surface area contributed by atoms with Crippen LogP contribution in [0.3, 0.4) is 0 Å². The molecule has 0 aromatic heterocycles. The van der Waals surface area contributed by atoms with Crippen LogP contribution in [0.4, 0.5) is 5.69 Å². The Morgan fingerprint density at radius 1 is 1.35 bits per heavy atom. The Labute approximate surface area is 115 Å². The van der Waals surface area contributed by atoms with Crippen molar-refractivity contribution in [1.29, 1.82) is 0 Å². The molecule has 1 aromatic carbocycles. The molecule has 6 nitrogen and oxygen atoms in total. The number of hydrogen-bond donors (Lipinski definition) is 1. The normalized spacial score (nSPS) is 27.1. The Balaban J connectivity index is 1.71. The van der Waals surface area contributed by atoms with Crippen molar-refractivity contribution in [3.05, 3.63) is 39.9 Å². The molecular weight excluding hydrogens is 258 g/mol. The van der Waals surface area contributed by atoms with Gasteiger partial charge in [-0.2, -0.15) is 0 Å². The van der Waals surface area contributed by atoms with E-state index in [1.54, 1.807) is 12.1 Å². The fourth-order valence-corrected chi connectivity index (χ4v) is 3.02. The lowest BCUT2D eigenvalue weighted by Gasteiger charge is -2.24. The molecule has 20 heavy (non-hydrogen) atoms. The van der Waals surface area contributed by atoms with Gasteiger partial charge in [-0.1, -0.05) is 12.1 Å². The fraction of sp³-hybridized carbons (Fsp3) is 0.500. The number of rotatable bonds is 3. The lowest BCUT2D eigenvalue weighted by molar-refractivity contribution is -0.385. The number of hydrogen-bond acceptors (Lipinski definition) is 4. The molecule has 1 atom stereocenters. The minimum Gasteiger partial charge on any atom is -0.318 e. The molecule has 2 saturated carbocycles. The van der Waals surface area contributed by atoms with Gasteiger partial charge in [0.1, 0.15) is 11.7 Å². The summed E-state index contributed by atoms with van der Waals surface area (Å²) in [6, 6.07) is 6.90. The van der Waals surface area contributed by atoms with Gasteiger partial charge in [0.25, 0.3) is 5.69 Å². The lowest BCUT2D eigenvalue weighted by Crippen LogP contribution is -2.33. The Morgan fingerprint density at radius 2 is 2.10 bits per heavy atom. The molecule has 6 heteroatoms. The Hall–Kier alpha value is -1.95. The number of carbonyl (C=O) groups is 1. The zero-order chi connectivity index (χ0) is 13.9. The van der Waals surface area contributed by atoms with Crippen LogP contribution in [-0.4, -0.2) is 27.3 Å². The number of nitrogens with one attached hydrogen (secondary N) is 1. The van der Waals surface area contributed by atoms with E-state index in [4.69, 9.17) is 0 Å². The predicted molar refractivity (Wildman–Crippen MR) is 70.8 cm³/mol. The first kappa shape index (κ1) is 11.8. The maximum absolute atomic E-state index is 12.5. The van der Waals surface area contributed by atoms with Gasteiger partial charge in [-0.05, 0) is 31.2 Å². The number of nitrogens with zero attached hydrogens (tertiary/aromatic N) is 2. The summed E-state index contributed by atoms with van der Waals surface area (Å²) >= 11 is 0. The minimum absolute atomic E-state index is 0.0734. The lowest BCUT2D eigenvalue weighted by atomic mass is 10.1. The van der Waals surface area contributed by atoms with E-state index in [1.165, 1.54) is 6.07 Å². The number of nitro groups is 1. The topological polar surface area (TPSA) is 75.5 Å². The van der Waals surface area contributed by atoms with Crippen LogP contribution < -0.4 is 5.32 Å². The molecule has 0 bridgehead atoms. The average molecular weight is 273 g/mol. The first-order valence-corrected chi connectivity index (χ1v) is 6.96. The molecule has 1 heterocycles. The van der Waals surface area contributed by atoms with E-state index in [0.29, 0.717) is 6.04 Å². The van der Waals surface area contributed by atoms with E-state index in [0.717, 1.165) is 31.2 Å². The SMILES string of the molecule is O=C1N(C2CC2)C(c2cccc([N+](=O)[O-])c2)NC12CC2. The third-order valence-corrected chi connectivity index (χ3v) is 4.42. The molecule has 3 fully saturated rings. The maximum Gasteiger partial charge on any atom is 0.269 e. The Kier molecular flexibility index (Phi) is 2.24. The second kappa shape index (κ2) is 3.79. The molecule has 3 aliphatic rings. The molecule has 1 aromatic rings. The van der Waals surface area contributed by atoms with Gasteiger partial charge in [-0.3, -0.25) is 20.2 Å². The minimum atomic E-state index is -0.394. The summed E-state index contributed by atoms with van der Waals surface area (Å²) in [7, 11) is 0.